The van der Waals surface area contributed by atoms with Crippen LogP contribution in [0.1, 0.15) is 23.6 Å². The average molecular weight is 272 g/mol. The summed E-state index contributed by atoms with van der Waals surface area (Å²) in [6.45, 7) is 2.78. The van der Waals surface area contributed by atoms with E-state index in [4.69, 9.17) is 9.57 Å². The van der Waals surface area contributed by atoms with E-state index < -0.39 is 0 Å². The van der Waals surface area contributed by atoms with Crippen LogP contribution in [-0.4, -0.2) is 13.7 Å². The Hall–Kier alpha value is -0.580. The van der Waals surface area contributed by atoms with Crippen LogP contribution < -0.4 is 10.2 Å². The van der Waals surface area contributed by atoms with Gasteiger partial charge in [-0.2, -0.15) is 5.48 Å². The fraction of sp³-hybridized carbons (Fsp3) is 0.455. The van der Waals surface area contributed by atoms with Gasteiger partial charge in [0.15, 0.2) is 0 Å². The Morgan fingerprint density at radius 1 is 1.53 bits per heavy atom. The molecule has 15 heavy (non-hydrogen) atoms. The van der Waals surface area contributed by atoms with Crippen LogP contribution in [0.4, 0.5) is 0 Å². The fourth-order valence-electron chi connectivity index (χ4n) is 1.88. The van der Waals surface area contributed by atoms with Crippen LogP contribution >= 0.6 is 15.9 Å². The Morgan fingerprint density at radius 2 is 2.33 bits per heavy atom. The lowest BCUT2D eigenvalue weighted by atomic mass is 9.99. The molecule has 1 aliphatic heterocycles. The van der Waals surface area contributed by atoms with Crippen molar-refractivity contribution in [2.24, 2.45) is 0 Å². The zero-order chi connectivity index (χ0) is 10.8. The molecule has 4 heteroatoms. The van der Waals surface area contributed by atoms with E-state index in [0.29, 0.717) is 0 Å². The van der Waals surface area contributed by atoms with Crippen molar-refractivity contribution in [1.82, 2.24) is 5.48 Å². The Labute approximate surface area is 97.8 Å². The first kappa shape index (κ1) is 10.9. The largest absolute Gasteiger partial charge is 0.493 e. The van der Waals surface area contributed by atoms with Gasteiger partial charge >= 0.3 is 0 Å². The normalized spacial score (nSPS) is 19.5. The Morgan fingerprint density at radius 3 is 3.07 bits per heavy atom. The number of rotatable bonds is 2. The molecule has 0 amide bonds. The molecule has 0 fully saturated rings. The lowest BCUT2D eigenvalue weighted by Crippen LogP contribution is -2.27. The first-order chi connectivity index (χ1) is 7.24. The van der Waals surface area contributed by atoms with Gasteiger partial charge in [0.25, 0.3) is 0 Å². The molecule has 1 atom stereocenters. The van der Waals surface area contributed by atoms with Gasteiger partial charge in [-0.15, -0.1) is 0 Å². The van der Waals surface area contributed by atoms with E-state index in [0.717, 1.165) is 34.4 Å². The Balaban J connectivity index is 2.45. The molecule has 0 aliphatic carbocycles. The maximum absolute atomic E-state index is 5.69. The van der Waals surface area contributed by atoms with Crippen molar-refractivity contribution in [3.05, 3.63) is 27.7 Å². The van der Waals surface area contributed by atoms with Crippen molar-refractivity contribution in [3.8, 4) is 5.75 Å². The van der Waals surface area contributed by atoms with E-state index in [-0.39, 0.29) is 6.04 Å². The molecule has 1 N–H and O–H groups in total. The molecule has 3 nitrogen and oxygen atoms in total. The van der Waals surface area contributed by atoms with Gasteiger partial charge in [-0.25, -0.2) is 0 Å². The minimum Gasteiger partial charge on any atom is -0.493 e. The lowest BCUT2D eigenvalue weighted by Gasteiger charge is -2.28. The van der Waals surface area contributed by atoms with Crippen molar-refractivity contribution in [2.45, 2.75) is 19.4 Å². The summed E-state index contributed by atoms with van der Waals surface area (Å²) >= 11 is 3.55. The summed E-state index contributed by atoms with van der Waals surface area (Å²) in [6, 6.07) is 4.30. The highest BCUT2D eigenvalue weighted by Crippen LogP contribution is 2.39. The van der Waals surface area contributed by atoms with Crippen LogP contribution in [0.2, 0.25) is 0 Å². The van der Waals surface area contributed by atoms with Gasteiger partial charge in [-0.1, -0.05) is 22.0 Å². The fourth-order valence-corrected chi connectivity index (χ4v) is 2.47. The third kappa shape index (κ3) is 2.02. The van der Waals surface area contributed by atoms with Crippen molar-refractivity contribution in [2.75, 3.05) is 13.7 Å². The minimum atomic E-state index is 0.202. The highest BCUT2D eigenvalue weighted by Gasteiger charge is 2.25. The number of hydrogen-bond acceptors (Lipinski definition) is 3. The number of ether oxygens (including phenoxy) is 1. The van der Waals surface area contributed by atoms with Gasteiger partial charge in [0, 0.05) is 16.5 Å². The highest BCUT2D eigenvalue weighted by molar-refractivity contribution is 9.10. The van der Waals surface area contributed by atoms with Gasteiger partial charge in [0.2, 0.25) is 0 Å². The van der Waals surface area contributed by atoms with Gasteiger partial charge in [0.05, 0.1) is 19.8 Å². The number of hydroxylamine groups is 1. The topological polar surface area (TPSA) is 30.5 Å². The van der Waals surface area contributed by atoms with E-state index in [1.54, 1.807) is 7.11 Å². The Bertz CT molecular complexity index is 368. The molecule has 1 heterocycles. The summed E-state index contributed by atoms with van der Waals surface area (Å²) in [7, 11) is 1.64. The molecular weight excluding hydrogens is 258 g/mol. The van der Waals surface area contributed by atoms with Crippen molar-refractivity contribution in [3.63, 3.8) is 0 Å². The van der Waals surface area contributed by atoms with Crippen LogP contribution in [-0.2, 0) is 4.84 Å². The summed E-state index contributed by atoms with van der Waals surface area (Å²) in [6.07, 6.45) is 0.920. The summed E-state index contributed by atoms with van der Waals surface area (Å²) in [5.41, 5.74) is 5.32. The molecule has 0 bridgehead atoms. The van der Waals surface area contributed by atoms with Crippen LogP contribution in [0.3, 0.4) is 0 Å². The molecule has 1 aromatic carbocycles. The van der Waals surface area contributed by atoms with Gasteiger partial charge < -0.3 is 9.57 Å². The standard InChI is InChI=1S/C11H14BrNO2/c1-7-3-4-8(12)10-9(13-14-2)5-6-15-11(7)10/h3-4,9,13H,5-6H2,1-2H3. The smallest absolute Gasteiger partial charge is 0.128 e. The number of benzene rings is 1. The maximum atomic E-state index is 5.69. The van der Waals surface area contributed by atoms with Crippen LogP contribution in [0.15, 0.2) is 16.6 Å². The first-order valence-electron chi connectivity index (χ1n) is 4.94. The molecule has 1 unspecified atom stereocenters. The van der Waals surface area contributed by atoms with E-state index in [9.17, 15) is 0 Å². The molecule has 0 saturated heterocycles. The first-order valence-corrected chi connectivity index (χ1v) is 5.73. The second kappa shape index (κ2) is 4.51. The molecule has 0 radical (unpaired) electrons. The second-order valence-electron chi connectivity index (χ2n) is 3.62. The maximum Gasteiger partial charge on any atom is 0.128 e. The summed E-state index contributed by atoms with van der Waals surface area (Å²) in [5.74, 6) is 0.977. The van der Waals surface area contributed by atoms with E-state index in [2.05, 4.69) is 34.4 Å². The molecule has 0 saturated carbocycles. The van der Waals surface area contributed by atoms with Gasteiger partial charge in [0.1, 0.15) is 5.75 Å². The number of aryl methyl sites for hydroxylation is 1. The third-order valence-corrected chi connectivity index (χ3v) is 3.29. The van der Waals surface area contributed by atoms with Crippen molar-refractivity contribution >= 4 is 15.9 Å². The van der Waals surface area contributed by atoms with E-state index in [1.165, 1.54) is 0 Å². The SMILES string of the molecule is CONC1CCOc2c(C)ccc(Br)c21. The lowest BCUT2D eigenvalue weighted by molar-refractivity contribution is 0.0459. The molecule has 0 aromatic heterocycles. The van der Waals surface area contributed by atoms with Crippen LogP contribution in [0, 0.1) is 6.92 Å². The molecular formula is C11H14BrNO2. The molecule has 1 aliphatic rings. The number of halogens is 1. The molecule has 0 spiro atoms. The monoisotopic (exact) mass is 271 g/mol. The minimum absolute atomic E-state index is 0.202. The Kier molecular flexibility index (Phi) is 3.29. The van der Waals surface area contributed by atoms with Crippen LogP contribution in [0.5, 0.6) is 5.75 Å². The molecule has 1 aromatic rings. The second-order valence-corrected chi connectivity index (χ2v) is 4.47. The summed E-state index contributed by atoms with van der Waals surface area (Å²) in [5, 5.41) is 0. The van der Waals surface area contributed by atoms with E-state index in [1.807, 2.05) is 6.07 Å². The van der Waals surface area contributed by atoms with Crippen LogP contribution in [0.25, 0.3) is 0 Å². The highest BCUT2D eigenvalue weighted by atomic mass is 79.9. The molecule has 2 rings (SSSR count). The zero-order valence-electron chi connectivity index (χ0n) is 8.84. The number of fused-ring (bicyclic) bond motifs is 1. The van der Waals surface area contributed by atoms with Gasteiger partial charge in [-0.05, 0) is 18.6 Å². The number of hydrogen-bond donors (Lipinski definition) is 1. The third-order valence-electron chi connectivity index (χ3n) is 2.60. The van der Waals surface area contributed by atoms with Crippen molar-refractivity contribution in [1.29, 1.82) is 0 Å². The quantitative estimate of drug-likeness (QED) is 0.840. The predicted molar refractivity (Wildman–Crippen MR) is 61.9 cm³/mol. The van der Waals surface area contributed by atoms with Crippen molar-refractivity contribution < 1.29 is 9.57 Å². The predicted octanol–water partition coefficient (Wildman–Crippen LogP) is 2.73. The summed E-state index contributed by atoms with van der Waals surface area (Å²) in [4.78, 5) is 5.01. The van der Waals surface area contributed by atoms with E-state index >= 15 is 0 Å². The zero-order valence-corrected chi connectivity index (χ0v) is 10.4. The molecule has 82 valence electrons. The van der Waals surface area contributed by atoms with Gasteiger partial charge in [-0.3, -0.25) is 0 Å². The summed E-state index contributed by atoms with van der Waals surface area (Å²) < 4.78 is 6.75. The number of nitrogens with one attached hydrogen (secondary N) is 1. The average Bonchev–Trinajstić information content (AvgIpc) is 2.24.